The number of anilines is 1. The summed E-state index contributed by atoms with van der Waals surface area (Å²) in [4.78, 5) is 22.3. The van der Waals surface area contributed by atoms with E-state index in [0.717, 1.165) is 5.75 Å². The molecule has 2 amide bonds. The van der Waals surface area contributed by atoms with Crippen molar-refractivity contribution in [3.63, 3.8) is 0 Å². The lowest BCUT2D eigenvalue weighted by molar-refractivity contribution is -0.115. The van der Waals surface area contributed by atoms with Gasteiger partial charge in [0.2, 0.25) is 11.8 Å². The minimum Gasteiger partial charge on any atom is -0.366 e. The van der Waals surface area contributed by atoms with Crippen LogP contribution in [0.4, 0.5) is 5.69 Å². The van der Waals surface area contributed by atoms with Crippen molar-refractivity contribution in [2.75, 3.05) is 17.3 Å². The van der Waals surface area contributed by atoms with Crippen LogP contribution in [0.15, 0.2) is 24.3 Å². The Hall–Kier alpha value is -1.49. The van der Waals surface area contributed by atoms with E-state index in [1.807, 2.05) is 6.26 Å². The molecule has 4 nitrogen and oxygen atoms in total. The SMILES string of the molecule is CSCCC(=O)Nc1cccc(C(N)=O)c1. The molecule has 0 aliphatic rings. The second-order valence-electron chi connectivity index (χ2n) is 3.24. The van der Waals surface area contributed by atoms with E-state index in [1.165, 1.54) is 0 Å². The smallest absolute Gasteiger partial charge is 0.248 e. The highest BCUT2D eigenvalue weighted by Crippen LogP contribution is 2.10. The Labute approximate surface area is 98.6 Å². The molecule has 16 heavy (non-hydrogen) atoms. The van der Waals surface area contributed by atoms with Gasteiger partial charge in [-0.05, 0) is 24.5 Å². The highest BCUT2D eigenvalue weighted by atomic mass is 32.2. The largest absolute Gasteiger partial charge is 0.366 e. The van der Waals surface area contributed by atoms with Gasteiger partial charge < -0.3 is 11.1 Å². The summed E-state index contributed by atoms with van der Waals surface area (Å²) < 4.78 is 0. The number of amides is 2. The van der Waals surface area contributed by atoms with E-state index in [-0.39, 0.29) is 5.91 Å². The molecular weight excluding hydrogens is 224 g/mol. The van der Waals surface area contributed by atoms with Crippen molar-refractivity contribution in [3.05, 3.63) is 29.8 Å². The fourth-order valence-electron chi connectivity index (χ4n) is 1.17. The zero-order valence-electron chi connectivity index (χ0n) is 9.03. The number of benzene rings is 1. The monoisotopic (exact) mass is 238 g/mol. The Morgan fingerprint density at radius 3 is 2.81 bits per heavy atom. The van der Waals surface area contributed by atoms with Crippen molar-refractivity contribution >= 4 is 29.3 Å². The van der Waals surface area contributed by atoms with Gasteiger partial charge in [0.15, 0.2) is 0 Å². The molecule has 3 N–H and O–H groups in total. The first-order valence-electron chi connectivity index (χ1n) is 4.82. The minimum atomic E-state index is -0.500. The van der Waals surface area contributed by atoms with Gasteiger partial charge in [-0.1, -0.05) is 6.07 Å². The second-order valence-corrected chi connectivity index (χ2v) is 4.22. The highest BCUT2D eigenvalue weighted by molar-refractivity contribution is 7.98. The number of thioether (sulfide) groups is 1. The van der Waals surface area contributed by atoms with Gasteiger partial charge >= 0.3 is 0 Å². The van der Waals surface area contributed by atoms with Crippen LogP contribution >= 0.6 is 11.8 Å². The predicted octanol–water partition coefficient (Wildman–Crippen LogP) is 1.48. The number of rotatable bonds is 5. The first-order chi connectivity index (χ1) is 7.63. The third-order valence-corrected chi connectivity index (χ3v) is 2.58. The lowest BCUT2D eigenvalue weighted by atomic mass is 10.2. The number of hydrogen-bond acceptors (Lipinski definition) is 3. The molecule has 86 valence electrons. The van der Waals surface area contributed by atoms with E-state index in [9.17, 15) is 9.59 Å². The molecule has 0 saturated heterocycles. The van der Waals surface area contributed by atoms with Gasteiger partial charge in [-0.2, -0.15) is 11.8 Å². The lowest BCUT2D eigenvalue weighted by Gasteiger charge is -2.05. The predicted molar refractivity (Wildman–Crippen MR) is 66.6 cm³/mol. The van der Waals surface area contributed by atoms with Crippen LogP contribution in [0.2, 0.25) is 0 Å². The number of carbonyl (C=O) groups is 2. The summed E-state index contributed by atoms with van der Waals surface area (Å²) in [7, 11) is 0. The van der Waals surface area contributed by atoms with Crippen LogP contribution < -0.4 is 11.1 Å². The first-order valence-corrected chi connectivity index (χ1v) is 6.21. The van der Waals surface area contributed by atoms with E-state index in [1.54, 1.807) is 36.0 Å². The zero-order valence-corrected chi connectivity index (χ0v) is 9.84. The van der Waals surface area contributed by atoms with E-state index < -0.39 is 5.91 Å². The molecule has 0 radical (unpaired) electrons. The minimum absolute atomic E-state index is 0.0593. The molecule has 0 unspecified atom stereocenters. The topological polar surface area (TPSA) is 72.2 Å². The van der Waals surface area contributed by atoms with Gasteiger partial charge in [-0.25, -0.2) is 0 Å². The average Bonchev–Trinajstić information content (AvgIpc) is 2.26. The van der Waals surface area contributed by atoms with Gasteiger partial charge in [-0.15, -0.1) is 0 Å². The molecule has 0 fully saturated rings. The van der Waals surface area contributed by atoms with Crippen LogP contribution in [-0.2, 0) is 4.79 Å². The highest BCUT2D eigenvalue weighted by Gasteiger charge is 2.04. The molecule has 0 aliphatic carbocycles. The summed E-state index contributed by atoms with van der Waals surface area (Å²) in [5.74, 6) is 0.220. The van der Waals surface area contributed by atoms with Gasteiger partial charge in [-0.3, -0.25) is 9.59 Å². The molecule has 1 rings (SSSR count). The lowest BCUT2D eigenvalue weighted by Crippen LogP contribution is -2.14. The molecule has 0 spiro atoms. The third kappa shape index (κ3) is 3.94. The quantitative estimate of drug-likeness (QED) is 0.816. The maximum atomic E-state index is 11.4. The van der Waals surface area contributed by atoms with Crippen LogP contribution in [-0.4, -0.2) is 23.8 Å². The molecule has 0 saturated carbocycles. The number of nitrogens with one attached hydrogen (secondary N) is 1. The van der Waals surface area contributed by atoms with E-state index in [2.05, 4.69) is 5.32 Å². The molecule has 0 bridgehead atoms. The summed E-state index contributed by atoms with van der Waals surface area (Å²) >= 11 is 1.61. The fourth-order valence-corrected chi connectivity index (χ4v) is 1.56. The Bertz CT molecular complexity index is 393. The molecular formula is C11H14N2O2S. The number of nitrogens with two attached hydrogens (primary N) is 1. The van der Waals surface area contributed by atoms with Crippen molar-refractivity contribution < 1.29 is 9.59 Å². The van der Waals surface area contributed by atoms with Crippen molar-refractivity contribution in [2.24, 2.45) is 5.73 Å². The van der Waals surface area contributed by atoms with Crippen molar-refractivity contribution in [3.8, 4) is 0 Å². The average molecular weight is 238 g/mol. The molecule has 0 atom stereocenters. The Kier molecular flexibility index (Phi) is 4.85. The van der Waals surface area contributed by atoms with Crippen LogP contribution in [0.1, 0.15) is 16.8 Å². The van der Waals surface area contributed by atoms with Crippen LogP contribution in [0.5, 0.6) is 0 Å². The standard InChI is InChI=1S/C11H14N2O2S/c1-16-6-5-10(14)13-9-4-2-3-8(7-9)11(12)15/h2-4,7H,5-6H2,1H3,(H2,12,15)(H,13,14). The Morgan fingerprint density at radius 2 is 2.19 bits per heavy atom. The summed E-state index contributed by atoms with van der Waals surface area (Å²) in [6.07, 6.45) is 2.41. The van der Waals surface area contributed by atoms with Gasteiger partial charge in [0.25, 0.3) is 0 Å². The Balaban J connectivity index is 2.63. The fraction of sp³-hybridized carbons (Fsp3) is 0.273. The number of carbonyl (C=O) groups excluding carboxylic acids is 2. The van der Waals surface area contributed by atoms with Crippen LogP contribution in [0.25, 0.3) is 0 Å². The maximum absolute atomic E-state index is 11.4. The summed E-state index contributed by atoms with van der Waals surface area (Å²) in [6, 6.07) is 6.59. The van der Waals surface area contributed by atoms with Crippen LogP contribution in [0, 0.1) is 0 Å². The first kappa shape index (κ1) is 12.6. The van der Waals surface area contributed by atoms with E-state index in [4.69, 9.17) is 5.73 Å². The third-order valence-electron chi connectivity index (χ3n) is 1.96. The second kappa shape index (κ2) is 6.17. The van der Waals surface area contributed by atoms with Crippen LogP contribution in [0.3, 0.4) is 0 Å². The van der Waals surface area contributed by atoms with Crippen molar-refractivity contribution in [1.29, 1.82) is 0 Å². The Morgan fingerprint density at radius 1 is 1.44 bits per heavy atom. The molecule has 5 heteroatoms. The number of hydrogen-bond donors (Lipinski definition) is 2. The maximum Gasteiger partial charge on any atom is 0.248 e. The van der Waals surface area contributed by atoms with E-state index >= 15 is 0 Å². The van der Waals surface area contributed by atoms with Gasteiger partial charge in [0, 0.05) is 23.4 Å². The summed E-state index contributed by atoms with van der Waals surface area (Å²) in [5, 5.41) is 2.71. The zero-order chi connectivity index (χ0) is 12.0. The molecule has 1 aromatic carbocycles. The van der Waals surface area contributed by atoms with Crippen molar-refractivity contribution in [1.82, 2.24) is 0 Å². The summed E-state index contributed by atoms with van der Waals surface area (Å²) in [5.41, 5.74) is 6.13. The van der Waals surface area contributed by atoms with E-state index in [0.29, 0.717) is 17.7 Å². The molecule has 1 aromatic rings. The van der Waals surface area contributed by atoms with Crippen molar-refractivity contribution in [2.45, 2.75) is 6.42 Å². The molecule has 0 aromatic heterocycles. The number of primary amides is 1. The molecule has 0 aliphatic heterocycles. The normalized spacial score (nSPS) is 9.81. The van der Waals surface area contributed by atoms with Gasteiger partial charge in [0.05, 0.1) is 0 Å². The van der Waals surface area contributed by atoms with Gasteiger partial charge in [0.1, 0.15) is 0 Å². The molecule has 0 heterocycles. The summed E-state index contributed by atoms with van der Waals surface area (Å²) in [6.45, 7) is 0.